The van der Waals surface area contributed by atoms with E-state index < -0.39 is 0 Å². The second-order valence-electron chi connectivity index (χ2n) is 23.0. The molecule has 7 aliphatic heterocycles. The highest BCUT2D eigenvalue weighted by molar-refractivity contribution is 5.26. The Kier molecular flexibility index (Phi) is 42.6. The predicted molar refractivity (Wildman–Crippen MR) is 337 cm³/mol. The number of benzene rings is 1. The molecule has 0 aliphatic carbocycles. The zero-order chi connectivity index (χ0) is 55.9. The van der Waals surface area contributed by atoms with Gasteiger partial charge in [-0.2, -0.15) is 0 Å². The molecule has 448 valence electrons. The normalized spacial score (nSPS) is 21.3. The van der Waals surface area contributed by atoms with Crippen molar-refractivity contribution in [1.29, 1.82) is 0 Å². The van der Waals surface area contributed by atoms with Crippen molar-refractivity contribution >= 4 is 0 Å². The molecule has 13 nitrogen and oxygen atoms in total. The van der Waals surface area contributed by atoms with E-state index >= 15 is 0 Å². The summed E-state index contributed by atoms with van der Waals surface area (Å²) in [5.74, 6) is 3.01. The average Bonchev–Trinajstić information content (AvgIpc) is 3.50. The standard InChI is InChI=1S/C13H20N2.C12H16N2.C11H22N2.C11H24N2.C9H21N3.C9H20N2/c1-14-13-7-9-15(10-8-13)11-12-5-3-2-4-6-12;1-3-7-12(8-9-13-2)14-10-5-4-6-11-14;1-12-9-5-11(6-10-12)13-7-3-2-4-8-13;1-3-11-7-4-5-9-13(11)10-6-8-12-2;1-10-11-6-5-9-12-7-3-2-4-8-12;1-10-6-5-9-11-7-3-2-4-8-11/h2-6,13-14H,7-11H2,1H3;13H,1,4-6,10-11H2,2H3;11H,2-10H2,1H3;11-12H,3-10H2,1-2H3;10-11H,2-9H2,1H3;10H,2-9H2,1H3. The van der Waals surface area contributed by atoms with Gasteiger partial charge in [0.1, 0.15) is 5.70 Å². The van der Waals surface area contributed by atoms with Crippen LogP contribution in [0.25, 0.3) is 0 Å². The van der Waals surface area contributed by atoms with Crippen molar-refractivity contribution in [1.82, 2.24) is 66.4 Å². The van der Waals surface area contributed by atoms with E-state index in [9.17, 15) is 0 Å². The highest BCUT2D eigenvalue weighted by atomic mass is 15.3. The molecule has 6 N–H and O–H groups in total. The first-order valence-electron chi connectivity index (χ1n) is 32.2. The first kappa shape index (κ1) is 69.5. The summed E-state index contributed by atoms with van der Waals surface area (Å²) < 4.78 is 0. The highest BCUT2D eigenvalue weighted by Gasteiger charge is 2.24. The maximum absolute atomic E-state index is 3.53. The molecule has 0 bridgehead atoms. The molecule has 7 heterocycles. The number of likely N-dealkylation sites (tertiary alicyclic amines) is 7. The molecule has 1 unspecified atom stereocenters. The summed E-state index contributed by atoms with van der Waals surface area (Å²) in [6.45, 7) is 30.8. The van der Waals surface area contributed by atoms with Crippen LogP contribution in [-0.4, -0.2) is 219 Å². The minimum absolute atomic E-state index is 0.733. The van der Waals surface area contributed by atoms with E-state index in [0.29, 0.717) is 0 Å². The number of hydrazine groups is 1. The van der Waals surface area contributed by atoms with Gasteiger partial charge >= 0.3 is 0 Å². The van der Waals surface area contributed by atoms with Crippen molar-refractivity contribution < 1.29 is 0 Å². The van der Waals surface area contributed by atoms with E-state index in [4.69, 9.17) is 0 Å². The second-order valence-corrected chi connectivity index (χ2v) is 23.0. The van der Waals surface area contributed by atoms with Crippen LogP contribution in [-0.2, 0) is 6.54 Å². The smallest absolute Gasteiger partial charge is 0.142 e. The molecule has 0 amide bonds. The molecule has 78 heavy (non-hydrogen) atoms. The van der Waals surface area contributed by atoms with Gasteiger partial charge in [-0.05, 0) is 286 Å². The third kappa shape index (κ3) is 33.2. The number of piperidine rings is 7. The Morgan fingerprint density at radius 3 is 1.63 bits per heavy atom. The zero-order valence-electron chi connectivity index (χ0n) is 51.9. The minimum atomic E-state index is 0.733. The van der Waals surface area contributed by atoms with Gasteiger partial charge in [-0.3, -0.25) is 15.8 Å². The van der Waals surface area contributed by atoms with Crippen LogP contribution >= 0.6 is 0 Å². The molecule has 1 atom stereocenters. The summed E-state index contributed by atoms with van der Waals surface area (Å²) in [4.78, 5) is 17.8. The first-order valence-corrected chi connectivity index (χ1v) is 32.2. The Labute approximate surface area is 481 Å². The Bertz CT molecular complexity index is 1650. The lowest BCUT2D eigenvalue weighted by Gasteiger charge is -2.39. The quantitative estimate of drug-likeness (QED) is 0.0264. The predicted octanol–water partition coefficient (Wildman–Crippen LogP) is 8.44. The van der Waals surface area contributed by atoms with Gasteiger partial charge < -0.3 is 50.7 Å². The molecule has 13 heteroatoms. The van der Waals surface area contributed by atoms with Crippen LogP contribution in [0.15, 0.2) is 54.1 Å². The molecule has 8 rings (SSSR count). The molecule has 0 spiro atoms. The van der Waals surface area contributed by atoms with Gasteiger partial charge in [0.25, 0.3) is 0 Å². The van der Waals surface area contributed by atoms with E-state index in [2.05, 4.69) is 148 Å². The Hall–Kier alpha value is -2.76. The second kappa shape index (κ2) is 47.8. The van der Waals surface area contributed by atoms with Gasteiger partial charge in [-0.1, -0.05) is 68.7 Å². The fourth-order valence-corrected chi connectivity index (χ4v) is 12.0. The Morgan fingerprint density at radius 2 is 1.10 bits per heavy atom. The van der Waals surface area contributed by atoms with Gasteiger partial charge in [0, 0.05) is 57.4 Å². The topological polar surface area (TPSA) is 94.9 Å². The summed E-state index contributed by atoms with van der Waals surface area (Å²) in [5.41, 5.74) is 14.0. The molecule has 1 aromatic rings. The van der Waals surface area contributed by atoms with Crippen molar-refractivity contribution in [3.63, 3.8) is 0 Å². The summed E-state index contributed by atoms with van der Waals surface area (Å²) in [6, 6.07) is 16.1. The summed E-state index contributed by atoms with van der Waals surface area (Å²) in [5, 5.41) is 12.6. The van der Waals surface area contributed by atoms with Crippen molar-refractivity contribution in [3.8, 4) is 12.0 Å². The number of nitrogens with one attached hydrogen (secondary N) is 6. The molecule has 0 saturated carbocycles. The average molecular weight is 1090 g/mol. The van der Waals surface area contributed by atoms with E-state index in [1.54, 1.807) is 7.05 Å². The number of rotatable bonds is 19. The van der Waals surface area contributed by atoms with Crippen molar-refractivity contribution in [2.24, 2.45) is 0 Å². The third-order valence-corrected chi connectivity index (χ3v) is 16.9. The molecule has 7 aliphatic rings. The van der Waals surface area contributed by atoms with Crippen LogP contribution in [0.3, 0.4) is 0 Å². The lowest BCUT2D eigenvalue weighted by atomic mass is 10.00. The van der Waals surface area contributed by atoms with E-state index in [1.807, 2.05) is 21.1 Å². The molecule has 7 fully saturated rings. The molecular formula is C65H123N13. The summed E-state index contributed by atoms with van der Waals surface area (Å²) >= 11 is 0. The Balaban J connectivity index is 0.000000247. The van der Waals surface area contributed by atoms with Gasteiger partial charge in [0.05, 0.1) is 0 Å². The fourth-order valence-electron chi connectivity index (χ4n) is 12.0. The van der Waals surface area contributed by atoms with Crippen LogP contribution in [0.5, 0.6) is 0 Å². The van der Waals surface area contributed by atoms with E-state index in [1.165, 1.54) is 245 Å². The minimum Gasteiger partial charge on any atom is -0.358 e. The van der Waals surface area contributed by atoms with Crippen LogP contribution in [0, 0.1) is 12.0 Å². The molecule has 1 aromatic carbocycles. The maximum Gasteiger partial charge on any atom is 0.142 e. The Morgan fingerprint density at radius 1 is 0.564 bits per heavy atom. The molecule has 7 saturated heterocycles. The fraction of sp³-hybridized carbons (Fsp3) is 0.815. The van der Waals surface area contributed by atoms with E-state index in [0.717, 1.165) is 63.1 Å². The highest BCUT2D eigenvalue weighted by Crippen LogP contribution is 2.21. The van der Waals surface area contributed by atoms with Crippen LogP contribution < -0.4 is 32.1 Å². The SMILES string of the molecule is C=C=C=C(C#CNC)N1CCCCC1.CCC1CCCCN1CCCNC.CN1CCC(N2CCCCC2)CC1.CNC1CCN(Cc2ccccc2)CC1.CNCCCN1CCCCC1.CNNCCCN1CCCCC1. The number of hydrogen-bond donors (Lipinski definition) is 6. The van der Waals surface area contributed by atoms with Gasteiger partial charge in [-0.15, -0.1) is 0 Å². The summed E-state index contributed by atoms with van der Waals surface area (Å²) in [7, 11) is 12.1. The zero-order valence-corrected chi connectivity index (χ0v) is 51.9. The van der Waals surface area contributed by atoms with Crippen molar-refractivity contribution in [2.45, 2.75) is 179 Å². The third-order valence-electron chi connectivity index (χ3n) is 16.9. The van der Waals surface area contributed by atoms with E-state index in [-0.39, 0.29) is 0 Å². The molecule has 0 radical (unpaired) electrons. The van der Waals surface area contributed by atoms with Crippen molar-refractivity contribution in [2.75, 3.05) is 167 Å². The first-order chi connectivity index (χ1) is 38.4. The van der Waals surface area contributed by atoms with Crippen LogP contribution in [0.1, 0.15) is 160 Å². The summed E-state index contributed by atoms with van der Waals surface area (Å²) in [6.07, 6.45) is 31.5. The monoisotopic (exact) mass is 1090 g/mol. The van der Waals surface area contributed by atoms with Gasteiger partial charge in [0.15, 0.2) is 0 Å². The number of allylic oxidation sites excluding steroid dienone is 1. The van der Waals surface area contributed by atoms with Gasteiger partial charge in [-0.25, -0.2) is 0 Å². The number of nitrogens with zero attached hydrogens (tertiary/aromatic N) is 7. The van der Waals surface area contributed by atoms with Crippen molar-refractivity contribution in [3.05, 3.63) is 59.6 Å². The maximum atomic E-state index is 3.53. The lowest BCUT2D eigenvalue weighted by molar-refractivity contribution is 0.103. The molecular weight excluding hydrogens is 963 g/mol. The largest absolute Gasteiger partial charge is 0.358 e. The van der Waals surface area contributed by atoms with Gasteiger partial charge in [0.2, 0.25) is 0 Å². The molecule has 0 aromatic heterocycles. The number of hydrogen-bond acceptors (Lipinski definition) is 13. The lowest BCUT2D eigenvalue weighted by Crippen LogP contribution is -2.45. The van der Waals surface area contributed by atoms with Crippen LogP contribution in [0.2, 0.25) is 0 Å². The van der Waals surface area contributed by atoms with Crippen LogP contribution in [0.4, 0.5) is 0 Å².